The topological polar surface area (TPSA) is 27.1 Å². The van der Waals surface area contributed by atoms with Gasteiger partial charge in [0, 0.05) is 0 Å². The SMILES string of the molecule is CC(C)(C)n1cc(Oc2ccccc2Br)cn1. The van der Waals surface area contributed by atoms with Crippen LogP contribution in [0.2, 0.25) is 0 Å². The highest BCUT2D eigenvalue weighted by atomic mass is 79.9. The van der Waals surface area contributed by atoms with Gasteiger partial charge in [-0.15, -0.1) is 0 Å². The largest absolute Gasteiger partial charge is 0.453 e. The number of hydrogen-bond acceptors (Lipinski definition) is 2. The van der Waals surface area contributed by atoms with Gasteiger partial charge in [0.1, 0.15) is 5.75 Å². The predicted octanol–water partition coefficient (Wildman–Crippen LogP) is 4.19. The Hall–Kier alpha value is -1.29. The molecule has 0 spiro atoms. The molecule has 0 atom stereocenters. The van der Waals surface area contributed by atoms with Crippen LogP contribution < -0.4 is 4.74 Å². The van der Waals surface area contributed by atoms with Crippen LogP contribution in [0.4, 0.5) is 0 Å². The van der Waals surface area contributed by atoms with Gasteiger partial charge in [0.2, 0.25) is 0 Å². The number of para-hydroxylation sites is 1. The number of benzene rings is 1. The first-order valence-corrected chi connectivity index (χ1v) is 6.23. The molecule has 0 aliphatic rings. The standard InChI is InChI=1S/C13H15BrN2O/c1-13(2,3)16-9-10(8-15-16)17-12-7-5-4-6-11(12)14/h4-9H,1-3H3. The Balaban J connectivity index is 2.21. The maximum absolute atomic E-state index is 5.75. The highest BCUT2D eigenvalue weighted by Crippen LogP contribution is 2.29. The zero-order chi connectivity index (χ0) is 12.5. The van der Waals surface area contributed by atoms with Gasteiger partial charge >= 0.3 is 0 Å². The van der Waals surface area contributed by atoms with Crippen LogP contribution >= 0.6 is 15.9 Å². The van der Waals surface area contributed by atoms with Gasteiger partial charge in [-0.1, -0.05) is 12.1 Å². The van der Waals surface area contributed by atoms with Crippen LogP contribution in [-0.2, 0) is 5.54 Å². The van der Waals surface area contributed by atoms with Crippen LogP contribution in [0.1, 0.15) is 20.8 Å². The molecule has 90 valence electrons. The molecule has 2 rings (SSSR count). The maximum Gasteiger partial charge on any atom is 0.165 e. The van der Waals surface area contributed by atoms with Gasteiger partial charge in [-0.3, -0.25) is 4.68 Å². The Morgan fingerprint density at radius 3 is 2.53 bits per heavy atom. The molecule has 0 aliphatic heterocycles. The van der Waals surface area contributed by atoms with Gasteiger partial charge in [0.05, 0.1) is 22.4 Å². The van der Waals surface area contributed by atoms with Crippen molar-refractivity contribution in [3.8, 4) is 11.5 Å². The number of rotatable bonds is 2. The molecule has 4 heteroatoms. The zero-order valence-electron chi connectivity index (χ0n) is 10.1. The maximum atomic E-state index is 5.75. The van der Waals surface area contributed by atoms with Gasteiger partial charge < -0.3 is 4.74 Å². The van der Waals surface area contributed by atoms with Gasteiger partial charge in [0.25, 0.3) is 0 Å². The van der Waals surface area contributed by atoms with E-state index in [0.717, 1.165) is 16.0 Å². The minimum atomic E-state index is -0.0322. The van der Waals surface area contributed by atoms with Crippen molar-refractivity contribution in [2.24, 2.45) is 0 Å². The highest BCUT2D eigenvalue weighted by Gasteiger charge is 2.14. The second kappa shape index (κ2) is 4.53. The smallest absolute Gasteiger partial charge is 0.165 e. The van der Waals surface area contributed by atoms with E-state index in [9.17, 15) is 0 Å². The van der Waals surface area contributed by atoms with Crippen molar-refractivity contribution >= 4 is 15.9 Å². The van der Waals surface area contributed by atoms with E-state index in [0.29, 0.717) is 0 Å². The fraction of sp³-hybridized carbons (Fsp3) is 0.308. The van der Waals surface area contributed by atoms with Crippen LogP contribution in [0.3, 0.4) is 0 Å². The Morgan fingerprint density at radius 1 is 1.24 bits per heavy atom. The Kier molecular flexibility index (Phi) is 3.24. The summed E-state index contributed by atoms with van der Waals surface area (Å²) in [6.07, 6.45) is 3.63. The quantitative estimate of drug-likeness (QED) is 0.830. The molecule has 0 unspecified atom stereocenters. The number of hydrogen-bond donors (Lipinski definition) is 0. The van der Waals surface area contributed by atoms with Crippen molar-refractivity contribution in [1.82, 2.24) is 9.78 Å². The average molecular weight is 295 g/mol. The molecule has 0 amide bonds. The average Bonchev–Trinajstić information content (AvgIpc) is 2.69. The van der Waals surface area contributed by atoms with Crippen LogP contribution in [0.15, 0.2) is 41.1 Å². The lowest BCUT2D eigenvalue weighted by atomic mass is 10.1. The fourth-order valence-corrected chi connectivity index (χ4v) is 1.75. The molecular weight excluding hydrogens is 280 g/mol. The Labute approximate surface area is 110 Å². The van der Waals surface area contributed by atoms with E-state index < -0.39 is 0 Å². The first-order chi connectivity index (χ1) is 7.97. The number of nitrogens with zero attached hydrogens (tertiary/aromatic N) is 2. The minimum Gasteiger partial charge on any atom is -0.453 e. The Morgan fingerprint density at radius 2 is 1.94 bits per heavy atom. The van der Waals surface area contributed by atoms with Crippen LogP contribution in [0, 0.1) is 0 Å². The summed E-state index contributed by atoms with van der Waals surface area (Å²) in [6, 6.07) is 7.76. The second-order valence-corrected chi connectivity index (χ2v) is 5.68. The van der Waals surface area contributed by atoms with E-state index in [1.165, 1.54) is 0 Å². The molecule has 0 radical (unpaired) electrons. The monoisotopic (exact) mass is 294 g/mol. The van der Waals surface area contributed by atoms with Crippen molar-refractivity contribution in [2.75, 3.05) is 0 Å². The molecule has 0 bridgehead atoms. The molecular formula is C13H15BrN2O. The van der Waals surface area contributed by atoms with E-state index in [-0.39, 0.29) is 5.54 Å². The van der Waals surface area contributed by atoms with Crippen molar-refractivity contribution in [2.45, 2.75) is 26.3 Å². The lowest BCUT2D eigenvalue weighted by molar-refractivity contribution is 0.353. The molecule has 0 saturated heterocycles. The molecule has 0 aliphatic carbocycles. The van der Waals surface area contributed by atoms with Crippen molar-refractivity contribution in [1.29, 1.82) is 0 Å². The number of aromatic nitrogens is 2. The predicted molar refractivity (Wildman–Crippen MR) is 71.4 cm³/mol. The summed E-state index contributed by atoms with van der Waals surface area (Å²) < 4.78 is 8.58. The van der Waals surface area contributed by atoms with Crippen LogP contribution in [0.25, 0.3) is 0 Å². The van der Waals surface area contributed by atoms with E-state index in [1.807, 2.05) is 35.1 Å². The lowest BCUT2D eigenvalue weighted by Gasteiger charge is -2.18. The third-order valence-electron chi connectivity index (χ3n) is 2.31. The van der Waals surface area contributed by atoms with Crippen LogP contribution in [0.5, 0.6) is 11.5 Å². The molecule has 3 nitrogen and oxygen atoms in total. The molecule has 0 N–H and O–H groups in total. The minimum absolute atomic E-state index is 0.0322. The number of ether oxygens (including phenoxy) is 1. The fourth-order valence-electron chi connectivity index (χ4n) is 1.38. The van der Waals surface area contributed by atoms with E-state index in [4.69, 9.17) is 4.74 Å². The molecule has 1 aromatic carbocycles. The molecule has 2 aromatic rings. The summed E-state index contributed by atoms with van der Waals surface area (Å²) in [6.45, 7) is 6.30. The molecule has 0 saturated carbocycles. The molecule has 1 heterocycles. The van der Waals surface area contributed by atoms with Crippen LogP contribution in [-0.4, -0.2) is 9.78 Å². The first kappa shape index (κ1) is 12.2. The lowest BCUT2D eigenvalue weighted by Crippen LogP contribution is -2.21. The van der Waals surface area contributed by atoms with Crippen molar-refractivity contribution in [3.63, 3.8) is 0 Å². The third kappa shape index (κ3) is 2.88. The normalized spacial score (nSPS) is 11.5. The van der Waals surface area contributed by atoms with Gasteiger partial charge in [-0.05, 0) is 48.8 Å². The Bertz CT molecular complexity index is 514. The second-order valence-electron chi connectivity index (χ2n) is 4.82. The van der Waals surface area contributed by atoms with E-state index in [2.05, 4.69) is 41.8 Å². The third-order valence-corrected chi connectivity index (χ3v) is 2.97. The summed E-state index contributed by atoms with van der Waals surface area (Å²) in [5.41, 5.74) is -0.0322. The summed E-state index contributed by atoms with van der Waals surface area (Å²) in [4.78, 5) is 0. The molecule has 0 fully saturated rings. The summed E-state index contributed by atoms with van der Waals surface area (Å²) in [5, 5.41) is 4.29. The molecule has 17 heavy (non-hydrogen) atoms. The van der Waals surface area contributed by atoms with E-state index in [1.54, 1.807) is 6.20 Å². The highest BCUT2D eigenvalue weighted by molar-refractivity contribution is 9.10. The summed E-state index contributed by atoms with van der Waals surface area (Å²) in [7, 11) is 0. The van der Waals surface area contributed by atoms with Gasteiger partial charge in [-0.2, -0.15) is 5.10 Å². The first-order valence-electron chi connectivity index (χ1n) is 5.44. The zero-order valence-corrected chi connectivity index (χ0v) is 11.7. The van der Waals surface area contributed by atoms with E-state index >= 15 is 0 Å². The number of halogens is 1. The summed E-state index contributed by atoms with van der Waals surface area (Å²) in [5.74, 6) is 1.53. The van der Waals surface area contributed by atoms with Crippen molar-refractivity contribution in [3.05, 3.63) is 41.1 Å². The van der Waals surface area contributed by atoms with Gasteiger partial charge in [-0.25, -0.2) is 0 Å². The molecule has 1 aromatic heterocycles. The van der Waals surface area contributed by atoms with Crippen molar-refractivity contribution < 1.29 is 4.74 Å². The summed E-state index contributed by atoms with van der Waals surface area (Å²) >= 11 is 3.45. The van der Waals surface area contributed by atoms with Gasteiger partial charge in [0.15, 0.2) is 5.75 Å².